The van der Waals surface area contributed by atoms with Crippen LogP contribution < -0.4 is 16.4 Å². The second kappa shape index (κ2) is 6.76. The van der Waals surface area contributed by atoms with Gasteiger partial charge in [-0.15, -0.1) is 0 Å². The second-order valence-corrected chi connectivity index (χ2v) is 4.22. The number of hydrogen-bond acceptors (Lipinski definition) is 3. The topological polar surface area (TPSA) is 84.2 Å². The maximum absolute atomic E-state index is 11.7. The highest BCUT2D eigenvalue weighted by atomic mass is 16.2. The van der Waals surface area contributed by atoms with Gasteiger partial charge in [0, 0.05) is 6.54 Å². The molecule has 2 atom stereocenters. The number of hydrogen-bond donors (Lipinski definition) is 3. The largest absolute Gasteiger partial charge is 0.350 e. The van der Waals surface area contributed by atoms with Crippen LogP contribution in [-0.2, 0) is 16.1 Å². The summed E-state index contributed by atoms with van der Waals surface area (Å²) in [5.74, 6) is -0.565. The molecule has 0 aromatic heterocycles. The van der Waals surface area contributed by atoms with E-state index in [1.165, 1.54) is 0 Å². The summed E-state index contributed by atoms with van der Waals surface area (Å²) >= 11 is 0. The molecule has 98 valence electrons. The van der Waals surface area contributed by atoms with Crippen molar-refractivity contribution in [2.24, 2.45) is 5.73 Å². The summed E-state index contributed by atoms with van der Waals surface area (Å²) in [6, 6.07) is 8.36. The predicted molar refractivity (Wildman–Crippen MR) is 69.5 cm³/mol. The normalized spacial score (nSPS) is 13.5. The Morgan fingerprint density at radius 3 is 2.33 bits per heavy atom. The van der Waals surface area contributed by atoms with Crippen LogP contribution >= 0.6 is 0 Å². The van der Waals surface area contributed by atoms with Crippen LogP contribution in [0.4, 0.5) is 0 Å². The molecule has 0 saturated carbocycles. The average Bonchev–Trinajstić information content (AvgIpc) is 2.36. The summed E-state index contributed by atoms with van der Waals surface area (Å²) in [5, 5.41) is 5.29. The standard InChI is InChI=1S/C13H19N3O2/c1-9(14)12(17)16-10(2)13(18)15-8-11-6-4-3-5-7-11/h3-7,9-10H,8,14H2,1-2H3,(H,15,18)(H,16,17)/t9-,10?/m0/s1. The lowest BCUT2D eigenvalue weighted by molar-refractivity contribution is -0.129. The van der Waals surface area contributed by atoms with E-state index in [1.807, 2.05) is 30.3 Å². The zero-order chi connectivity index (χ0) is 13.5. The van der Waals surface area contributed by atoms with E-state index in [-0.39, 0.29) is 11.8 Å². The maximum Gasteiger partial charge on any atom is 0.242 e. The molecule has 5 nitrogen and oxygen atoms in total. The lowest BCUT2D eigenvalue weighted by Gasteiger charge is -2.15. The minimum absolute atomic E-state index is 0.229. The number of nitrogens with two attached hydrogens (primary N) is 1. The summed E-state index contributed by atoms with van der Waals surface area (Å²) in [6.45, 7) is 3.64. The highest BCUT2D eigenvalue weighted by molar-refractivity contribution is 5.89. The van der Waals surface area contributed by atoms with Crippen molar-refractivity contribution in [1.82, 2.24) is 10.6 Å². The Kier molecular flexibility index (Phi) is 5.32. The van der Waals surface area contributed by atoms with Crippen molar-refractivity contribution in [3.05, 3.63) is 35.9 Å². The van der Waals surface area contributed by atoms with E-state index in [0.717, 1.165) is 5.56 Å². The van der Waals surface area contributed by atoms with Gasteiger partial charge in [0.2, 0.25) is 11.8 Å². The summed E-state index contributed by atoms with van der Waals surface area (Å²) < 4.78 is 0. The molecule has 1 aromatic rings. The molecule has 0 bridgehead atoms. The first kappa shape index (κ1) is 14.2. The number of carbonyl (C=O) groups excluding carboxylic acids is 2. The van der Waals surface area contributed by atoms with Gasteiger partial charge in [-0.2, -0.15) is 0 Å². The number of nitrogens with one attached hydrogen (secondary N) is 2. The number of benzene rings is 1. The van der Waals surface area contributed by atoms with Crippen LogP contribution in [0.1, 0.15) is 19.4 Å². The predicted octanol–water partition coefficient (Wildman–Crippen LogP) is 0.155. The van der Waals surface area contributed by atoms with Gasteiger partial charge in [0.1, 0.15) is 6.04 Å². The van der Waals surface area contributed by atoms with E-state index < -0.39 is 12.1 Å². The number of rotatable bonds is 5. The lowest BCUT2D eigenvalue weighted by atomic mass is 10.2. The second-order valence-electron chi connectivity index (χ2n) is 4.22. The fraction of sp³-hybridized carbons (Fsp3) is 0.385. The molecule has 0 radical (unpaired) electrons. The fourth-order valence-electron chi connectivity index (χ4n) is 1.35. The molecule has 1 aromatic carbocycles. The Bertz CT molecular complexity index is 404. The SMILES string of the molecule is CC(NC(=O)[C@H](C)N)C(=O)NCc1ccccc1. The minimum atomic E-state index is -0.616. The van der Waals surface area contributed by atoms with Crippen LogP contribution in [0.15, 0.2) is 30.3 Å². The van der Waals surface area contributed by atoms with Crippen LogP contribution in [0, 0.1) is 0 Å². The zero-order valence-corrected chi connectivity index (χ0v) is 10.6. The van der Waals surface area contributed by atoms with E-state index in [0.29, 0.717) is 6.54 Å². The van der Waals surface area contributed by atoms with Crippen molar-refractivity contribution in [2.75, 3.05) is 0 Å². The molecule has 0 aliphatic carbocycles. The Morgan fingerprint density at radius 2 is 1.78 bits per heavy atom. The molecule has 0 aliphatic rings. The average molecular weight is 249 g/mol. The van der Waals surface area contributed by atoms with Gasteiger partial charge in [-0.1, -0.05) is 30.3 Å². The summed E-state index contributed by atoms with van der Waals surface area (Å²) in [6.07, 6.45) is 0. The molecule has 0 heterocycles. The van der Waals surface area contributed by atoms with Gasteiger partial charge in [0.25, 0.3) is 0 Å². The smallest absolute Gasteiger partial charge is 0.242 e. The molecule has 4 N–H and O–H groups in total. The molecule has 0 saturated heterocycles. The third-order valence-corrected chi connectivity index (χ3v) is 2.48. The van der Waals surface area contributed by atoms with Crippen LogP contribution in [-0.4, -0.2) is 23.9 Å². The number of carbonyl (C=O) groups is 2. The van der Waals surface area contributed by atoms with Gasteiger partial charge in [0.05, 0.1) is 6.04 Å². The van der Waals surface area contributed by atoms with Gasteiger partial charge >= 0.3 is 0 Å². The quantitative estimate of drug-likeness (QED) is 0.694. The van der Waals surface area contributed by atoms with E-state index in [2.05, 4.69) is 10.6 Å². The minimum Gasteiger partial charge on any atom is -0.350 e. The Labute approximate surface area is 107 Å². The van der Waals surface area contributed by atoms with Crippen LogP contribution in [0.2, 0.25) is 0 Å². The maximum atomic E-state index is 11.7. The first-order chi connectivity index (χ1) is 8.50. The van der Waals surface area contributed by atoms with Gasteiger partial charge < -0.3 is 16.4 Å². The molecule has 0 fully saturated rings. The third-order valence-electron chi connectivity index (χ3n) is 2.48. The van der Waals surface area contributed by atoms with Gasteiger partial charge in [-0.05, 0) is 19.4 Å². The number of amides is 2. The van der Waals surface area contributed by atoms with Gasteiger partial charge in [0.15, 0.2) is 0 Å². The fourth-order valence-corrected chi connectivity index (χ4v) is 1.35. The Morgan fingerprint density at radius 1 is 1.17 bits per heavy atom. The van der Waals surface area contributed by atoms with Crippen molar-refractivity contribution < 1.29 is 9.59 Å². The van der Waals surface area contributed by atoms with E-state index in [4.69, 9.17) is 5.73 Å². The highest BCUT2D eigenvalue weighted by Gasteiger charge is 2.16. The molecular formula is C13H19N3O2. The van der Waals surface area contributed by atoms with Crippen molar-refractivity contribution in [2.45, 2.75) is 32.5 Å². The van der Waals surface area contributed by atoms with E-state index in [9.17, 15) is 9.59 Å². The van der Waals surface area contributed by atoms with Crippen molar-refractivity contribution >= 4 is 11.8 Å². The van der Waals surface area contributed by atoms with Crippen LogP contribution in [0.3, 0.4) is 0 Å². The highest BCUT2D eigenvalue weighted by Crippen LogP contribution is 1.97. The Balaban J connectivity index is 2.39. The molecule has 0 spiro atoms. The molecular weight excluding hydrogens is 230 g/mol. The summed E-state index contributed by atoms with van der Waals surface area (Å²) in [5.41, 5.74) is 6.42. The molecule has 5 heteroatoms. The van der Waals surface area contributed by atoms with Gasteiger partial charge in [-0.3, -0.25) is 9.59 Å². The van der Waals surface area contributed by atoms with Crippen LogP contribution in [0.5, 0.6) is 0 Å². The Hall–Kier alpha value is -1.88. The molecule has 1 unspecified atom stereocenters. The summed E-state index contributed by atoms with van der Waals surface area (Å²) in [4.78, 5) is 23.0. The molecule has 1 rings (SSSR count). The third kappa shape index (κ3) is 4.55. The first-order valence-corrected chi connectivity index (χ1v) is 5.88. The summed E-state index contributed by atoms with van der Waals surface area (Å²) in [7, 11) is 0. The zero-order valence-electron chi connectivity index (χ0n) is 10.6. The monoisotopic (exact) mass is 249 g/mol. The first-order valence-electron chi connectivity index (χ1n) is 5.88. The van der Waals surface area contributed by atoms with Gasteiger partial charge in [-0.25, -0.2) is 0 Å². The molecule has 18 heavy (non-hydrogen) atoms. The van der Waals surface area contributed by atoms with Crippen LogP contribution in [0.25, 0.3) is 0 Å². The van der Waals surface area contributed by atoms with Crippen molar-refractivity contribution in [3.63, 3.8) is 0 Å². The molecule has 0 aliphatic heterocycles. The van der Waals surface area contributed by atoms with E-state index >= 15 is 0 Å². The van der Waals surface area contributed by atoms with Crippen molar-refractivity contribution in [1.29, 1.82) is 0 Å². The molecule has 2 amide bonds. The lowest BCUT2D eigenvalue weighted by Crippen LogP contribution is -2.49. The van der Waals surface area contributed by atoms with Crippen molar-refractivity contribution in [3.8, 4) is 0 Å². The van der Waals surface area contributed by atoms with E-state index in [1.54, 1.807) is 13.8 Å².